The Hall–Kier alpha value is -4.26. The molecule has 0 fully saturated rings. The van der Waals surface area contributed by atoms with Crippen LogP contribution < -0.4 is 11.0 Å². The van der Waals surface area contributed by atoms with Crippen molar-refractivity contribution in [2.45, 2.75) is 0 Å². The average Bonchev–Trinajstić information content (AvgIpc) is 3.43. The summed E-state index contributed by atoms with van der Waals surface area (Å²) in [5, 5.41) is 4.26. The maximum atomic E-state index is 5.11. The highest BCUT2D eigenvalue weighted by molar-refractivity contribution is 6.37. The molecule has 0 saturated carbocycles. The Bertz CT molecular complexity index is 1820. The van der Waals surface area contributed by atoms with Crippen LogP contribution in [-0.4, -0.2) is 28.2 Å². The van der Waals surface area contributed by atoms with Crippen molar-refractivity contribution in [3.05, 3.63) is 94.9 Å². The molecule has 0 saturated heterocycles. The van der Waals surface area contributed by atoms with E-state index in [1.807, 2.05) is 36.4 Å². The minimum atomic E-state index is 0.684. The largest absolute Gasteiger partial charge is 0.406 e. The van der Waals surface area contributed by atoms with Crippen LogP contribution in [0.4, 0.5) is 11.6 Å². The molecule has 0 atom stereocenters. The van der Waals surface area contributed by atoms with Gasteiger partial charge in [-0.05, 0) is 0 Å². The summed E-state index contributed by atoms with van der Waals surface area (Å²) in [5.74, 6) is 3.08. The van der Waals surface area contributed by atoms with Gasteiger partial charge >= 0.3 is 7.55 Å². The third-order valence-corrected chi connectivity index (χ3v) is 6.22. The van der Waals surface area contributed by atoms with E-state index in [-0.39, 0.29) is 0 Å². The molecule has 1 radical (unpaired) electrons. The monoisotopic (exact) mass is 395 g/mol. The molecule has 0 amide bonds. The molecule has 5 aromatic rings. The Morgan fingerprint density at radius 2 is 1.00 bits per heavy atom. The van der Waals surface area contributed by atoms with Crippen LogP contribution in [-0.2, 0) is 0 Å². The van der Waals surface area contributed by atoms with Crippen LogP contribution in [0.25, 0.3) is 21.5 Å². The van der Waals surface area contributed by atoms with Gasteiger partial charge in [0.05, 0.1) is 0 Å². The van der Waals surface area contributed by atoms with Crippen molar-refractivity contribution in [1.29, 1.82) is 0 Å². The highest BCUT2D eigenvalue weighted by atomic mass is 15.2. The molecule has 3 aliphatic rings. The number of aliphatic imine (C=N–C) groups is 2. The second kappa shape index (κ2) is 5.26. The van der Waals surface area contributed by atoms with Crippen LogP contribution in [0.15, 0.2) is 92.8 Å². The van der Waals surface area contributed by atoms with E-state index in [1.165, 1.54) is 0 Å². The van der Waals surface area contributed by atoms with Crippen LogP contribution >= 0.6 is 0 Å². The van der Waals surface area contributed by atoms with Gasteiger partial charge in [-0.3, -0.25) is 0 Å². The zero-order valence-electron chi connectivity index (χ0n) is 16.2. The zero-order chi connectivity index (χ0) is 20.1. The molecule has 5 heterocycles. The van der Waals surface area contributed by atoms with Crippen molar-refractivity contribution in [3.63, 3.8) is 0 Å². The van der Waals surface area contributed by atoms with E-state index >= 15 is 0 Å². The van der Waals surface area contributed by atoms with Gasteiger partial charge in [-0.2, -0.15) is 0 Å². The van der Waals surface area contributed by atoms with Crippen molar-refractivity contribution >= 4 is 52.4 Å². The molecule has 0 aliphatic carbocycles. The predicted molar refractivity (Wildman–Crippen MR) is 122 cm³/mol. The highest BCUT2D eigenvalue weighted by Crippen LogP contribution is 2.39. The molecular formula is C24H12BN6. The van der Waals surface area contributed by atoms with Gasteiger partial charge in [-0.1, -0.05) is 72.8 Å². The summed E-state index contributed by atoms with van der Waals surface area (Å²) in [7, 11) is 2.06. The van der Waals surface area contributed by atoms with E-state index in [0.29, 0.717) is 11.7 Å². The SMILES string of the molecule is [B]1n2c3c4ccccc4c2N=c2c4ccccc4c(n21)=NC1=NC(=N3)c2ccccc21. The molecule has 0 spiro atoms. The summed E-state index contributed by atoms with van der Waals surface area (Å²) in [5.41, 5.74) is 3.72. The van der Waals surface area contributed by atoms with Gasteiger partial charge in [0.1, 0.15) is 22.6 Å². The fourth-order valence-electron chi connectivity index (χ4n) is 4.82. The molecule has 6 nitrogen and oxygen atoms in total. The van der Waals surface area contributed by atoms with E-state index < -0.39 is 0 Å². The molecule has 141 valence electrons. The second-order valence-electron chi connectivity index (χ2n) is 7.88. The third-order valence-electron chi connectivity index (χ3n) is 6.22. The van der Waals surface area contributed by atoms with Crippen LogP contribution in [0.2, 0.25) is 0 Å². The van der Waals surface area contributed by atoms with Crippen LogP contribution in [0.1, 0.15) is 11.1 Å². The average molecular weight is 395 g/mol. The second-order valence-corrected chi connectivity index (χ2v) is 7.88. The maximum absolute atomic E-state index is 5.11. The number of aromatic nitrogens is 2. The van der Waals surface area contributed by atoms with Crippen LogP contribution in [0.5, 0.6) is 0 Å². The predicted octanol–water partition coefficient (Wildman–Crippen LogP) is 3.26. The maximum Gasteiger partial charge on any atom is 0.406 e. The van der Waals surface area contributed by atoms with E-state index in [1.54, 1.807) is 0 Å². The third kappa shape index (κ3) is 1.84. The van der Waals surface area contributed by atoms with E-state index in [0.717, 1.165) is 55.3 Å². The molecule has 3 aliphatic heterocycles. The number of amidine groups is 2. The Morgan fingerprint density at radius 1 is 0.484 bits per heavy atom. The summed E-state index contributed by atoms with van der Waals surface area (Å²) in [4.78, 5) is 20.0. The smallest absolute Gasteiger partial charge is 0.336 e. The minimum absolute atomic E-state index is 0.684. The molecule has 3 aromatic carbocycles. The topological polar surface area (TPSA) is 59.3 Å². The summed E-state index contributed by atoms with van der Waals surface area (Å²) in [6, 6.07) is 24.7. The Labute approximate surface area is 176 Å². The first-order chi connectivity index (χ1) is 15.4. The lowest BCUT2D eigenvalue weighted by Crippen LogP contribution is -2.38. The molecule has 4 bridgehead atoms. The standard InChI is InChI=1S/C24H12BN6/c1-2-8-14-13(7-1)19-26-20(14)28-22-16-10-4-6-12-18(16)24-29-23-17-11-5-3-9-15(17)21(27-19)30(23)25-31(22)24/h1-12H. The number of hydrogen-bond acceptors (Lipinski definition) is 4. The fourth-order valence-corrected chi connectivity index (χ4v) is 4.82. The van der Waals surface area contributed by atoms with Crippen molar-refractivity contribution in [1.82, 2.24) is 8.96 Å². The van der Waals surface area contributed by atoms with Crippen molar-refractivity contribution in [2.24, 2.45) is 20.0 Å². The van der Waals surface area contributed by atoms with E-state index in [9.17, 15) is 0 Å². The fraction of sp³-hybridized carbons (Fsp3) is 0. The normalized spacial score (nSPS) is 15.0. The quantitative estimate of drug-likeness (QED) is 0.355. The van der Waals surface area contributed by atoms with Crippen LogP contribution in [0.3, 0.4) is 0 Å². The number of benzene rings is 3. The first kappa shape index (κ1) is 15.6. The van der Waals surface area contributed by atoms with Crippen molar-refractivity contribution in [2.75, 3.05) is 0 Å². The van der Waals surface area contributed by atoms with E-state index in [4.69, 9.17) is 20.0 Å². The van der Waals surface area contributed by atoms with Crippen molar-refractivity contribution in [3.8, 4) is 0 Å². The van der Waals surface area contributed by atoms with Gasteiger partial charge in [-0.15, -0.1) is 0 Å². The van der Waals surface area contributed by atoms with Gasteiger partial charge in [0.2, 0.25) is 0 Å². The summed E-state index contributed by atoms with van der Waals surface area (Å²) >= 11 is 0. The van der Waals surface area contributed by atoms with Crippen LogP contribution in [0, 0.1) is 0 Å². The zero-order valence-corrected chi connectivity index (χ0v) is 16.2. The minimum Gasteiger partial charge on any atom is -0.336 e. The number of fused-ring (bicyclic) bond motifs is 10. The number of rotatable bonds is 0. The Balaban J connectivity index is 1.67. The highest BCUT2D eigenvalue weighted by Gasteiger charge is 2.28. The molecular weight excluding hydrogens is 383 g/mol. The lowest BCUT2D eigenvalue weighted by atomic mass is 10.1. The van der Waals surface area contributed by atoms with Gasteiger partial charge in [-0.25, -0.2) is 20.0 Å². The van der Waals surface area contributed by atoms with E-state index in [2.05, 4.69) is 52.9 Å². The molecule has 8 rings (SSSR count). The van der Waals surface area contributed by atoms with Gasteiger partial charge < -0.3 is 8.96 Å². The number of nitrogens with zero attached hydrogens (tertiary/aromatic N) is 6. The first-order valence-corrected chi connectivity index (χ1v) is 10.2. The molecule has 0 N–H and O–H groups in total. The molecule has 2 aromatic heterocycles. The lowest BCUT2D eigenvalue weighted by Gasteiger charge is -2.13. The molecule has 7 heteroatoms. The molecule has 31 heavy (non-hydrogen) atoms. The Morgan fingerprint density at radius 3 is 1.68 bits per heavy atom. The Kier molecular flexibility index (Phi) is 2.64. The first-order valence-electron chi connectivity index (χ1n) is 10.2. The van der Waals surface area contributed by atoms with Crippen molar-refractivity contribution < 1.29 is 0 Å². The lowest BCUT2D eigenvalue weighted by molar-refractivity contribution is 0.947. The summed E-state index contributed by atoms with van der Waals surface area (Å²) in [6.45, 7) is 0. The van der Waals surface area contributed by atoms with Gasteiger partial charge in [0.25, 0.3) is 0 Å². The summed E-state index contributed by atoms with van der Waals surface area (Å²) < 4.78 is 4.12. The van der Waals surface area contributed by atoms with Gasteiger partial charge in [0.15, 0.2) is 11.7 Å². The summed E-state index contributed by atoms with van der Waals surface area (Å²) in [6.07, 6.45) is 0. The molecule has 0 unspecified atom stereocenters. The number of hydrogen-bond donors (Lipinski definition) is 0. The van der Waals surface area contributed by atoms with Gasteiger partial charge in [0, 0.05) is 32.7 Å².